The van der Waals surface area contributed by atoms with Crippen LogP contribution in [0, 0.1) is 12.7 Å². The number of carbonyl (C=O) groups excluding carboxylic acids is 2. The average molecular weight is 485 g/mol. The predicted molar refractivity (Wildman–Crippen MR) is 139 cm³/mol. The summed E-state index contributed by atoms with van der Waals surface area (Å²) in [5.41, 5.74) is 10.2. The number of aliphatic imine (C=N–C) groups is 1. The summed E-state index contributed by atoms with van der Waals surface area (Å²) < 4.78 is 13.8. The monoisotopic (exact) mass is 484 g/mol. The summed E-state index contributed by atoms with van der Waals surface area (Å²) in [6, 6.07) is 21.4. The first-order valence-corrected chi connectivity index (χ1v) is 11.8. The smallest absolute Gasteiger partial charge is 0.251 e. The van der Waals surface area contributed by atoms with Crippen molar-refractivity contribution in [2.45, 2.75) is 32.7 Å². The zero-order valence-corrected chi connectivity index (χ0v) is 20.5. The lowest BCUT2D eigenvalue weighted by atomic mass is 9.79. The summed E-state index contributed by atoms with van der Waals surface area (Å²) in [6.45, 7) is 5.82. The fraction of sp³-hybridized carbons (Fsp3) is 0.207. The predicted octanol–water partition coefficient (Wildman–Crippen LogP) is 4.84. The first-order chi connectivity index (χ1) is 17.3. The van der Waals surface area contributed by atoms with E-state index in [-0.39, 0.29) is 11.8 Å². The Labute approximate surface area is 210 Å². The standard InChI is InChI=1S/C29H29FN4O2/c1-4-34-27(32-23-11-6-5-7-12-23)24(19(3)31)25(20-13-15-22(30)16-14-20)26(29(34)36)33-28(35)21-10-8-9-18(2)17-21/h5-17,25-26H,4,31H2,1-3H3,(H,33,35). The fourth-order valence-electron chi connectivity index (χ4n) is 4.52. The van der Waals surface area contributed by atoms with Gasteiger partial charge in [0, 0.05) is 29.3 Å². The number of piperidine rings is 1. The topological polar surface area (TPSA) is 87.8 Å². The highest BCUT2D eigenvalue weighted by Crippen LogP contribution is 2.37. The van der Waals surface area contributed by atoms with Gasteiger partial charge in [-0.1, -0.05) is 48.0 Å². The molecule has 4 rings (SSSR count). The summed E-state index contributed by atoms with van der Waals surface area (Å²) in [5.74, 6) is -1.33. The molecule has 0 aromatic heterocycles. The van der Waals surface area contributed by atoms with E-state index in [1.54, 1.807) is 42.2 Å². The van der Waals surface area contributed by atoms with E-state index in [0.29, 0.717) is 40.5 Å². The van der Waals surface area contributed by atoms with Crippen LogP contribution < -0.4 is 11.1 Å². The van der Waals surface area contributed by atoms with Crippen LogP contribution in [0.15, 0.2) is 95.1 Å². The van der Waals surface area contributed by atoms with E-state index in [1.807, 2.05) is 50.2 Å². The molecule has 1 aliphatic heterocycles. The highest BCUT2D eigenvalue weighted by molar-refractivity contribution is 6.15. The van der Waals surface area contributed by atoms with Gasteiger partial charge in [0.25, 0.3) is 11.8 Å². The van der Waals surface area contributed by atoms with Gasteiger partial charge in [-0.05, 0) is 62.7 Å². The lowest BCUT2D eigenvalue weighted by Gasteiger charge is -2.41. The molecule has 184 valence electrons. The van der Waals surface area contributed by atoms with E-state index in [1.165, 1.54) is 12.1 Å². The van der Waals surface area contributed by atoms with E-state index < -0.39 is 17.8 Å². The molecule has 0 bridgehead atoms. The van der Waals surface area contributed by atoms with Gasteiger partial charge in [0.2, 0.25) is 0 Å². The molecular formula is C29H29FN4O2. The Morgan fingerprint density at radius 3 is 2.36 bits per heavy atom. The number of likely N-dealkylation sites (tertiary alicyclic amines) is 1. The second-order valence-corrected chi connectivity index (χ2v) is 8.80. The number of para-hydroxylation sites is 1. The minimum absolute atomic E-state index is 0.312. The highest BCUT2D eigenvalue weighted by Gasteiger charge is 2.45. The number of halogens is 1. The fourth-order valence-corrected chi connectivity index (χ4v) is 4.52. The highest BCUT2D eigenvalue weighted by atomic mass is 19.1. The van der Waals surface area contributed by atoms with Crippen LogP contribution in [-0.4, -0.2) is 35.1 Å². The van der Waals surface area contributed by atoms with Gasteiger partial charge in [0.15, 0.2) is 0 Å². The third-order valence-electron chi connectivity index (χ3n) is 6.20. The van der Waals surface area contributed by atoms with Crippen molar-refractivity contribution in [2.75, 3.05) is 6.54 Å². The molecule has 36 heavy (non-hydrogen) atoms. The molecule has 6 nitrogen and oxygen atoms in total. The molecule has 0 radical (unpaired) electrons. The van der Waals surface area contributed by atoms with Crippen LogP contribution in [0.1, 0.15) is 41.3 Å². The number of hydrogen-bond donors (Lipinski definition) is 2. The summed E-state index contributed by atoms with van der Waals surface area (Å²) in [4.78, 5) is 33.5. The maximum atomic E-state index is 13.9. The number of carbonyl (C=O) groups is 2. The third-order valence-corrected chi connectivity index (χ3v) is 6.20. The van der Waals surface area contributed by atoms with Crippen molar-refractivity contribution in [1.29, 1.82) is 0 Å². The molecule has 1 heterocycles. The van der Waals surface area contributed by atoms with E-state index in [9.17, 15) is 14.0 Å². The van der Waals surface area contributed by atoms with Crippen molar-refractivity contribution in [1.82, 2.24) is 10.2 Å². The Bertz CT molecular complexity index is 1330. The molecular weight excluding hydrogens is 455 g/mol. The van der Waals surface area contributed by atoms with E-state index in [4.69, 9.17) is 10.7 Å². The van der Waals surface area contributed by atoms with E-state index in [2.05, 4.69) is 5.32 Å². The molecule has 1 fully saturated rings. The molecule has 1 saturated heterocycles. The molecule has 2 unspecified atom stereocenters. The number of hydrogen-bond acceptors (Lipinski definition) is 4. The number of allylic oxidation sites excluding steroid dienone is 1. The zero-order valence-electron chi connectivity index (χ0n) is 20.5. The normalized spacial score (nSPS) is 20.4. The zero-order chi connectivity index (χ0) is 25.8. The minimum Gasteiger partial charge on any atom is -0.402 e. The first-order valence-electron chi connectivity index (χ1n) is 11.8. The average Bonchev–Trinajstić information content (AvgIpc) is 2.86. The number of amides is 2. The molecule has 3 aromatic rings. The largest absolute Gasteiger partial charge is 0.402 e. The lowest BCUT2D eigenvalue weighted by Crippen LogP contribution is -2.59. The molecule has 0 spiro atoms. The first kappa shape index (κ1) is 24.9. The summed E-state index contributed by atoms with van der Waals surface area (Å²) in [7, 11) is 0. The number of nitrogens with one attached hydrogen (secondary N) is 1. The second-order valence-electron chi connectivity index (χ2n) is 8.80. The van der Waals surface area contributed by atoms with Crippen molar-refractivity contribution in [3.63, 3.8) is 0 Å². The molecule has 2 amide bonds. The lowest BCUT2D eigenvalue weighted by molar-refractivity contribution is -0.130. The number of amidine groups is 1. The Hall–Kier alpha value is -4.26. The van der Waals surface area contributed by atoms with Gasteiger partial charge in [0.1, 0.15) is 17.7 Å². The Morgan fingerprint density at radius 1 is 1.06 bits per heavy atom. The number of aryl methyl sites for hydroxylation is 1. The molecule has 0 saturated carbocycles. The summed E-state index contributed by atoms with van der Waals surface area (Å²) in [6.07, 6.45) is 0. The third kappa shape index (κ3) is 5.05. The number of likely N-dealkylation sites (N-methyl/N-ethyl adjacent to an activating group) is 1. The van der Waals surface area contributed by atoms with Gasteiger partial charge in [0.05, 0.1) is 5.69 Å². The van der Waals surface area contributed by atoms with Crippen LogP contribution in [0.4, 0.5) is 10.1 Å². The van der Waals surface area contributed by atoms with Gasteiger partial charge in [-0.15, -0.1) is 0 Å². The summed E-state index contributed by atoms with van der Waals surface area (Å²) >= 11 is 0. The Balaban J connectivity index is 1.87. The SMILES string of the molecule is CCN1C(=O)C(NC(=O)c2cccc(C)c2)C(c2ccc(F)cc2)C(=C(C)N)C1=Nc1ccccc1. The number of rotatable bonds is 5. The Kier molecular flexibility index (Phi) is 7.29. The van der Waals surface area contributed by atoms with Crippen LogP contribution in [-0.2, 0) is 4.79 Å². The van der Waals surface area contributed by atoms with Crippen LogP contribution in [0.2, 0.25) is 0 Å². The number of benzene rings is 3. The molecule has 2 atom stereocenters. The van der Waals surface area contributed by atoms with Gasteiger partial charge < -0.3 is 11.1 Å². The van der Waals surface area contributed by atoms with Crippen LogP contribution >= 0.6 is 0 Å². The molecule has 3 aromatic carbocycles. The van der Waals surface area contributed by atoms with Crippen molar-refractivity contribution >= 4 is 23.3 Å². The van der Waals surface area contributed by atoms with Crippen LogP contribution in [0.25, 0.3) is 0 Å². The minimum atomic E-state index is -0.966. The quantitative estimate of drug-likeness (QED) is 0.543. The second kappa shape index (κ2) is 10.6. The van der Waals surface area contributed by atoms with E-state index in [0.717, 1.165) is 5.56 Å². The summed E-state index contributed by atoms with van der Waals surface area (Å²) in [5, 5.41) is 2.94. The Morgan fingerprint density at radius 2 is 1.75 bits per heavy atom. The van der Waals surface area contributed by atoms with Gasteiger partial charge in [-0.25, -0.2) is 9.38 Å². The van der Waals surface area contributed by atoms with E-state index >= 15 is 0 Å². The van der Waals surface area contributed by atoms with Gasteiger partial charge in [-0.2, -0.15) is 0 Å². The molecule has 1 aliphatic rings. The van der Waals surface area contributed by atoms with Crippen molar-refractivity contribution in [2.24, 2.45) is 10.7 Å². The van der Waals surface area contributed by atoms with Gasteiger partial charge >= 0.3 is 0 Å². The maximum Gasteiger partial charge on any atom is 0.251 e. The van der Waals surface area contributed by atoms with Crippen molar-refractivity contribution in [3.8, 4) is 0 Å². The van der Waals surface area contributed by atoms with Crippen LogP contribution in [0.5, 0.6) is 0 Å². The van der Waals surface area contributed by atoms with Gasteiger partial charge in [-0.3, -0.25) is 14.5 Å². The maximum absolute atomic E-state index is 13.9. The number of nitrogens with two attached hydrogens (primary N) is 1. The number of nitrogens with zero attached hydrogens (tertiary/aromatic N) is 2. The molecule has 0 aliphatic carbocycles. The van der Waals surface area contributed by atoms with Crippen molar-refractivity contribution < 1.29 is 14.0 Å². The van der Waals surface area contributed by atoms with Crippen LogP contribution in [0.3, 0.4) is 0 Å². The molecule has 3 N–H and O–H groups in total. The molecule has 7 heteroatoms. The van der Waals surface area contributed by atoms with Crippen molar-refractivity contribution in [3.05, 3.63) is 113 Å².